The van der Waals surface area contributed by atoms with E-state index >= 15 is 0 Å². The summed E-state index contributed by atoms with van der Waals surface area (Å²) in [5.41, 5.74) is 0.187. The number of hydrogen-bond donors (Lipinski definition) is 1. The summed E-state index contributed by atoms with van der Waals surface area (Å²) in [6.45, 7) is 0.173. The first-order chi connectivity index (χ1) is 11.5. The molecule has 0 spiro atoms. The second-order valence-corrected chi connectivity index (χ2v) is 4.84. The maximum Gasteiger partial charge on any atom is 0.273 e. The Bertz CT molecular complexity index is 753. The number of nitrogens with one attached hydrogen (secondary N) is 1. The fourth-order valence-electron chi connectivity index (χ4n) is 2.00. The van der Waals surface area contributed by atoms with Crippen molar-refractivity contribution in [3.05, 3.63) is 69.8 Å². The van der Waals surface area contributed by atoms with Gasteiger partial charge in [-0.3, -0.25) is 14.9 Å². The highest BCUT2D eigenvalue weighted by molar-refractivity contribution is 5.79. The smallest absolute Gasteiger partial charge is 0.273 e. The molecule has 0 radical (unpaired) electrons. The summed E-state index contributed by atoms with van der Waals surface area (Å²) < 4.78 is 30.9. The number of hydrogen-bond acceptors (Lipinski definition) is 4. The second kappa shape index (κ2) is 8.00. The quantitative estimate of drug-likeness (QED) is 0.479. The molecular formula is C16H14F2N2O4. The fraction of sp³-hybridized carbons (Fsp3) is 0.188. The standard InChI is InChI=1S/C16H14F2N2O4/c17-13-6-5-12(10-14(13)18)24-8-7-19-16(21)9-11-3-1-2-4-15(11)20(22)23/h1-6,10H,7-9H2,(H,19,21). The van der Waals surface area contributed by atoms with Crippen LogP contribution in [0.4, 0.5) is 14.5 Å². The molecule has 0 fully saturated rings. The zero-order valence-electron chi connectivity index (χ0n) is 12.5. The summed E-state index contributed by atoms with van der Waals surface area (Å²) in [4.78, 5) is 22.1. The predicted octanol–water partition coefficient (Wildman–Crippen LogP) is 2.61. The lowest BCUT2D eigenvalue weighted by molar-refractivity contribution is -0.385. The van der Waals surface area contributed by atoms with Crippen molar-refractivity contribution in [3.63, 3.8) is 0 Å². The van der Waals surface area contributed by atoms with E-state index in [0.717, 1.165) is 12.1 Å². The van der Waals surface area contributed by atoms with Gasteiger partial charge in [-0.2, -0.15) is 0 Å². The number of carbonyl (C=O) groups is 1. The molecule has 1 N–H and O–H groups in total. The van der Waals surface area contributed by atoms with Crippen molar-refractivity contribution in [2.75, 3.05) is 13.2 Å². The highest BCUT2D eigenvalue weighted by Crippen LogP contribution is 2.18. The molecule has 0 heterocycles. The molecule has 0 unspecified atom stereocenters. The molecule has 0 aliphatic rings. The van der Waals surface area contributed by atoms with Crippen LogP contribution in [-0.4, -0.2) is 24.0 Å². The first-order valence-electron chi connectivity index (χ1n) is 7.04. The van der Waals surface area contributed by atoms with Crippen LogP contribution in [0, 0.1) is 21.7 Å². The Morgan fingerprint density at radius 3 is 2.62 bits per heavy atom. The van der Waals surface area contributed by atoms with Crippen molar-refractivity contribution in [1.29, 1.82) is 0 Å². The molecule has 0 atom stereocenters. The number of halogens is 2. The van der Waals surface area contributed by atoms with Gasteiger partial charge in [0.2, 0.25) is 5.91 Å². The van der Waals surface area contributed by atoms with Crippen LogP contribution in [0.5, 0.6) is 5.75 Å². The molecule has 1 amide bonds. The van der Waals surface area contributed by atoms with Crippen molar-refractivity contribution in [3.8, 4) is 5.75 Å². The Morgan fingerprint density at radius 1 is 1.17 bits per heavy atom. The van der Waals surface area contributed by atoms with Crippen LogP contribution in [-0.2, 0) is 11.2 Å². The van der Waals surface area contributed by atoms with Gasteiger partial charge >= 0.3 is 0 Å². The number of benzene rings is 2. The van der Waals surface area contributed by atoms with E-state index in [0.29, 0.717) is 5.56 Å². The number of carbonyl (C=O) groups excluding carboxylic acids is 1. The first-order valence-corrected chi connectivity index (χ1v) is 7.04. The highest BCUT2D eigenvalue weighted by atomic mass is 19.2. The second-order valence-electron chi connectivity index (χ2n) is 4.84. The molecule has 0 bridgehead atoms. The van der Waals surface area contributed by atoms with E-state index in [-0.39, 0.29) is 31.0 Å². The van der Waals surface area contributed by atoms with Gasteiger partial charge in [-0.1, -0.05) is 18.2 Å². The van der Waals surface area contributed by atoms with E-state index in [1.807, 2.05) is 0 Å². The predicted molar refractivity (Wildman–Crippen MR) is 81.7 cm³/mol. The van der Waals surface area contributed by atoms with E-state index < -0.39 is 22.5 Å². The fourth-order valence-corrected chi connectivity index (χ4v) is 2.00. The van der Waals surface area contributed by atoms with Crippen molar-refractivity contribution < 1.29 is 23.2 Å². The van der Waals surface area contributed by atoms with Crippen LogP contribution in [0.3, 0.4) is 0 Å². The van der Waals surface area contributed by atoms with E-state index in [2.05, 4.69) is 5.32 Å². The Balaban J connectivity index is 1.79. The molecule has 2 aromatic rings. The minimum Gasteiger partial charge on any atom is -0.492 e. The molecule has 0 aliphatic carbocycles. The van der Waals surface area contributed by atoms with Crippen LogP contribution in [0.2, 0.25) is 0 Å². The molecule has 6 nitrogen and oxygen atoms in total. The maximum atomic E-state index is 13.0. The van der Waals surface area contributed by atoms with Crippen LogP contribution in [0.1, 0.15) is 5.56 Å². The SMILES string of the molecule is O=C(Cc1ccccc1[N+](=O)[O-])NCCOc1ccc(F)c(F)c1. The Morgan fingerprint density at radius 2 is 1.92 bits per heavy atom. The summed E-state index contributed by atoms with van der Waals surface area (Å²) in [6.07, 6.45) is -0.137. The third-order valence-electron chi connectivity index (χ3n) is 3.12. The van der Waals surface area contributed by atoms with Crippen molar-refractivity contribution >= 4 is 11.6 Å². The molecule has 0 saturated heterocycles. The van der Waals surface area contributed by atoms with Crippen LogP contribution < -0.4 is 10.1 Å². The first kappa shape index (κ1) is 17.3. The van der Waals surface area contributed by atoms with Gasteiger partial charge in [0.25, 0.3) is 5.69 Å². The molecule has 8 heteroatoms. The van der Waals surface area contributed by atoms with Gasteiger partial charge in [0.05, 0.1) is 17.9 Å². The molecule has 24 heavy (non-hydrogen) atoms. The van der Waals surface area contributed by atoms with Crippen LogP contribution in [0.15, 0.2) is 42.5 Å². The van der Waals surface area contributed by atoms with Gasteiger partial charge < -0.3 is 10.1 Å². The van der Waals surface area contributed by atoms with Gasteiger partial charge in [-0.05, 0) is 12.1 Å². The minimum atomic E-state index is -1.02. The lowest BCUT2D eigenvalue weighted by Crippen LogP contribution is -2.29. The Hall–Kier alpha value is -3.03. The molecule has 2 rings (SSSR count). The molecular weight excluding hydrogens is 322 g/mol. The van der Waals surface area contributed by atoms with E-state index in [1.165, 1.54) is 24.3 Å². The lowest BCUT2D eigenvalue weighted by atomic mass is 10.1. The number of nitro groups is 1. The van der Waals surface area contributed by atoms with Crippen LogP contribution in [0.25, 0.3) is 0 Å². The normalized spacial score (nSPS) is 10.2. The average Bonchev–Trinajstić information content (AvgIpc) is 2.55. The van der Waals surface area contributed by atoms with Crippen LogP contribution >= 0.6 is 0 Å². The molecule has 0 aliphatic heterocycles. The largest absolute Gasteiger partial charge is 0.492 e. The summed E-state index contributed by atoms with van der Waals surface area (Å²) >= 11 is 0. The molecule has 0 saturated carbocycles. The number of amides is 1. The summed E-state index contributed by atoms with van der Waals surface area (Å²) in [7, 11) is 0. The maximum absolute atomic E-state index is 13.0. The Labute approximate surface area is 136 Å². The number of nitro benzene ring substituents is 1. The Kier molecular flexibility index (Phi) is 5.78. The van der Waals surface area contributed by atoms with Gasteiger partial charge in [-0.25, -0.2) is 8.78 Å². The summed E-state index contributed by atoms with van der Waals surface area (Å²) in [5, 5.41) is 13.4. The van der Waals surface area contributed by atoms with E-state index in [1.54, 1.807) is 6.07 Å². The van der Waals surface area contributed by atoms with E-state index in [9.17, 15) is 23.7 Å². The molecule has 0 aromatic heterocycles. The highest BCUT2D eigenvalue weighted by Gasteiger charge is 2.15. The molecule has 126 valence electrons. The van der Waals surface area contributed by atoms with Crippen molar-refractivity contribution in [1.82, 2.24) is 5.32 Å². The summed E-state index contributed by atoms with van der Waals surface area (Å²) in [6, 6.07) is 9.09. The van der Waals surface area contributed by atoms with Crippen molar-refractivity contribution in [2.24, 2.45) is 0 Å². The average molecular weight is 336 g/mol. The zero-order chi connectivity index (χ0) is 17.5. The zero-order valence-corrected chi connectivity index (χ0v) is 12.5. The molecule has 2 aromatic carbocycles. The van der Waals surface area contributed by atoms with Gasteiger partial charge in [0, 0.05) is 17.7 Å². The number of para-hydroxylation sites is 1. The number of nitrogens with zero attached hydrogens (tertiary/aromatic N) is 1. The third kappa shape index (κ3) is 4.73. The minimum absolute atomic E-state index is 0.0493. The monoisotopic (exact) mass is 336 g/mol. The van der Waals surface area contributed by atoms with Crippen molar-refractivity contribution in [2.45, 2.75) is 6.42 Å². The number of rotatable bonds is 7. The van der Waals surface area contributed by atoms with Gasteiger partial charge in [0.15, 0.2) is 11.6 Å². The topological polar surface area (TPSA) is 81.5 Å². The lowest BCUT2D eigenvalue weighted by Gasteiger charge is -2.08. The van der Waals surface area contributed by atoms with E-state index in [4.69, 9.17) is 4.74 Å². The third-order valence-corrected chi connectivity index (χ3v) is 3.12. The number of ether oxygens (including phenoxy) is 1. The van der Waals surface area contributed by atoms with Gasteiger partial charge in [0.1, 0.15) is 12.4 Å². The summed E-state index contributed by atoms with van der Waals surface area (Å²) in [5.74, 6) is -2.26. The van der Waals surface area contributed by atoms with Gasteiger partial charge in [-0.15, -0.1) is 0 Å².